The molecule has 0 atom stereocenters. The Morgan fingerprint density at radius 2 is 1.71 bits per heavy atom. The molecule has 0 radical (unpaired) electrons. The monoisotopic (exact) mass is 540 g/mol. The second kappa shape index (κ2) is 10.1. The number of nitrogens with one attached hydrogen (secondary N) is 1. The Bertz CT molecular complexity index is 1200. The van der Waals surface area contributed by atoms with Crippen molar-refractivity contribution in [3.8, 4) is 0 Å². The molecule has 9 heteroatoms. The minimum atomic E-state index is -3.97. The topological polar surface area (TPSA) is 66.5 Å². The molecule has 0 heterocycles. The Morgan fingerprint density at radius 3 is 2.35 bits per heavy atom. The third kappa shape index (κ3) is 6.08. The fourth-order valence-electron chi connectivity index (χ4n) is 2.92. The van der Waals surface area contributed by atoms with Crippen LogP contribution in [0.1, 0.15) is 11.1 Å². The van der Waals surface area contributed by atoms with Crippen LogP contribution >= 0.6 is 39.1 Å². The van der Waals surface area contributed by atoms with Gasteiger partial charge in [-0.25, -0.2) is 8.42 Å². The molecule has 0 spiro atoms. The summed E-state index contributed by atoms with van der Waals surface area (Å²) in [5.74, 6) is -0.474. The lowest BCUT2D eigenvalue weighted by atomic mass is 10.2. The Balaban J connectivity index is 1.90. The number of benzene rings is 3. The Hall–Kier alpha value is -1.90. The van der Waals surface area contributed by atoms with Gasteiger partial charge in [0.2, 0.25) is 15.9 Å². The second-order valence-electron chi connectivity index (χ2n) is 6.83. The highest BCUT2D eigenvalue weighted by Crippen LogP contribution is 2.24. The average Bonchev–Trinajstić information content (AvgIpc) is 2.71. The number of aryl methyl sites for hydroxylation is 1. The number of rotatable bonds is 7. The van der Waals surface area contributed by atoms with E-state index in [0.717, 1.165) is 14.3 Å². The van der Waals surface area contributed by atoms with Crippen LogP contribution in [-0.2, 0) is 21.4 Å². The van der Waals surface area contributed by atoms with E-state index in [0.29, 0.717) is 21.3 Å². The van der Waals surface area contributed by atoms with E-state index < -0.39 is 15.9 Å². The maximum Gasteiger partial charge on any atom is 0.243 e. The van der Waals surface area contributed by atoms with Crippen molar-refractivity contribution in [2.24, 2.45) is 0 Å². The smallest absolute Gasteiger partial charge is 0.243 e. The van der Waals surface area contributed by atoms with Gasteiger partial charge in [0.25, 0.3) is 0 Å². The molecule has 0 aliphatic carbocycles. The van der Waals surface area contributed by atoms with Gasteiger partial charge in [-0.15, -0.1) is 0 Å². The number of amides is 1. The van der Waals surface area contributed by atoms with Crippen molar-refractivity contribution in [3.05, 3.63) is 92.4 Å². The molecule has 0 aliphatic rings. The van der Waals surface area contributed by atoms with Gasteiger partial charge in [-0.3, -0.25) is 4.79 Å². The molecule has 5 nitrogen and oxygen atoms in total. The summed E-state index contributed by atoms with van der Waals surface area (Å²) in [5.41, 5.74) is 1.93. The number of carbonyl (C=O) groups is 1. The van der Waals surface area contributed by atoms with Crippen LogP contribution in [0.5, 0.6) is 0 Å². The zero-order valence-electron chi connectivity index (χ0n) is 16.5. The summed E-state index contributed by atoms with van der Waals surface area (Å²) in [7, 11) is -3.97. The third-order valence-electron chi connectivity index (χ3n) is 4.54. The lowest BCUT2D eigenvalue weighted by Gasteiger charge is -2.23. The minimum Gasteiger partial charge on any atom is -0.325 e. The van der Waals surface area contributed by atoms with Crippen LogP contribution < -0.4 is 5.32 Å². The van der Waals surface area contributed by atoms with Gasteiger partial charge < -0.3 is 5.32 Å². The number of hydrogen-bond acceptors (Lipinski definition) is 3. The molecule has 0 aromatic heterocycles. The Kier molecular flexibility index (Phi) is 7.78. The summed E-state index contributed by atoms with van der Waals surface area (Å²) >= 11 is 15.5. The first-order valence-electron chi connectivity index (χ1n) is 9.22. The summed E-state index contributed by atoms with van der Waals surface area (Å²) < 4.78 is 28.5. The van der Waals surface area contributed by atoms with Crippen LogP contribution in [0.15, 0.2) is 76.1 Å². The molecule has 3 aromatic carbocycles. The maximum absolute atomic E-state index is 13.3. The number of halogens is 3. The lowest BCUT2D eigenvalue weighted by Crippen LogP contribution is -2.37. The molecule has 1 N–H and O–H groups in total. The van der Waals surface area contributed by atoms with Crippen LogP contribution in [0, 0.1) is 6.92 Å². The van der Waals surface area contributed by atoms with E-state index in [1.165, 1.54) is 12.1 Å². The van der Waals surface area contributed by atoms with E-state index in [4.69, 9.17) is 23.2 Å². The van der Waals surface area contributed by atoms with Crippen molar-refractivity contribution in [2.45, 2.75) is 18.4 Å². The van der Waals surface area contributed by atoms with Crippen LogP contribution in [0.2, 0.25) is 10.0 Å². The van der Waals surface area contributed by atoms with Gasteiger partial charge in [0, 0.05) is 26.8 Å². The summed E-state index contributed by atoms with van der Waals surface area (Å²) in [6, 6.07) is 18.2. The summed E-state index contributed by atoms with van der Waals surface area (Å²) in [5, 5.41) is 3.73. The van der Waals surface area contributed by atoms with Gasteiger partial charge in [0.05, 0.1) is 11.4 Å². The Labute approximate surface area is 200 Å². The molecule has 0 bridgehead atoms. The zero-order chi connectivity index (χ0) is 22.6. The van der Waals surface area contributed by atoms with E-state index in [2.05, 4.69) is 21.2 Å². The molecule has 3 aromatic rings. The van der Waals surface area contributed by atoms with E-state index >= 15 is 0 Å². The first-order valence-corrected chi connectivity index (χ1v) is 12.2. The highest BCUT2D eigenvalue weighted by Gasteiger charge is 2.27. The number of sulfonamides is 1. The molecule has 1 amide bonds. The molecule has 0 aliphatic heterocycles. The third-order valence-corrected chi connectivity index (χ3v) is 7.48. The van der Waals surface area contributed by atoms with Gasteiger partial charge in [-0.05, 0) is 66.6 Å². The molecule has 31 heavy (non-hydrogen) atoms. The first kappa shape index (κ1) is 23.8. The minimum absolute atomic E-state index is 0.0505. The molecule has 3 rings (SSSR count). The lowest BCUT2D eigenvalue weighted by molar-refractivity contribution is -0.116. The fraction of sp³-hybridized carbons (Fsp3) is 0.136. The first-order chi connectivity index (χ1) is 14.7. The molecule has 162 valence electrons. The quantitative estimate of drug-likeness (QED) is 0.405. The largest absolute Gasteiger partial charge is 0.325 e. The van der Waals surface area contributed by atoms with Crippen molar-refractivity contribution >= 4 is 60.7 Å². The summed E-state index contributed by atoms with van der Waals surface area (Å²) in [4.78, 5) is 12.9. The van der Waals surface area contributed by atoms with Gasteiger partial charge in [0.15, 0.2) is 0 Å². The van der Waals surface area contributed by atoms with Crippen LogP contribution in [-0.4, -0.2) is 25.2 Å². The van der Waals surface area contributed by atoms with Gasteiger partial charge in [-0.2, -0.15) is 4.31 Å². The van der Waals surface area contributed by atoms with Crippen LogP contribution in [0.25, 0.3) is 0 Å². The van der Waals surface area contributed by atoms with Gasteiger partial charge in [0.1, 0.15) is 0 Å². The van der Waals surface area contributed by atoms with Crippen molar-refractivity contribution in [1.82, 2.24) is 4.31 Å². The van der Waals surface area contributed by atoms with Gasteiger partial charge in [-0.1, -0.05) is 57.3 Å². The standard InChI is InChI=1S/C22H19BrCl2N2O3S/c1-15-12-18(24)8-11-21(15)26-22(28)14-27(13-16-4-2-3-5-20(16)25)31(29,30)19-9-6-17(23)7-10-19/h2-12H,13-14H2,1H3,(H,26,28). The predicted molar refractivity (Wildman–Crippen MR) is 128 cm³/mol. The highest BCUT2D eigenvalue weighted by atomic mass is 79.9. The van der Waals surface area contributed by atoms with Crippen molar-refractivity contribution in [2.75, 3.05) is 11.9 Å². The molecule has 0 saturated carbocycles. The SMILES string of the molecule is Cc1cc(Cl)ccc1NC(=O)CN(Cc1ccccc1Cl)S(=O)(=O)c1ccc(Br)cc1. The van der Waals surface area contributed by atoms with Crippen molar-refractivity contribution < 1.29 is 13.2 Å². The maximum atomic E-state index is 13.3. The Morgan fingerprint density at radius 1 is 1.03 bits per heavy atom. The number of anilines is 1. The van der Waals surface area contributed by atoms with Crippen molar-refractivity contribution in [1.29, 1.82) is 0 Å². The molecule has 0 unspecified atom stereocenters. The van der Waals surface area contributed by atoms with Crippen LogP contribution in [0.4, 0.5) is 5.69 Å². The van der Waals surface area contributed by atoms with E-state index in [9.17, 15) is 13.2 Å². The van der Waals surface area contributed by atoms with Crippen molar-refractivity contribution in [3.63, 3.8) is 0 Å². The molecular formula is C22H19BrCl2N2O3S. The average molecular weight is 542 g/mol. The molecular weight excluding hydrogens is 523 g/mol. The fourth-order valence-corrected chi connectivity index (χ4v) is 4.98. The summed E-state index contributed by atoms with van der Waals surface area (Å²) in [6.45, 7) is 1.37. The van der Waals surface area contributed by atoms with Gasteiger partial charge >= 0.3 is 0 Å². The zero-order valence-corrected chi connectivity index (χ0v) is 20.4. The number of nitrogens with zero attached hydrogens (tertiary/aromatic N) is 1. The number of hydrogen-bond donors (Lipinski definition) is 1. The molecule has 0 saturated heterocycles. The highest BCUT2D eigenvalue weighted by molar-refractivity contribution is 9.10. The summed E-state index contributed by atoms with van der Waals surface area (Å²) in [6.07, 6.45) is 0. The normalized spacial score (nSPS) is 11.5. The predicted octanol–water partition coefficient (Wildman–Crippen LogP) is 5.89. The van der Waals surface area contributed by atoms with Crippen LogP contribution in [0.3, 0.4) is 0 Å². The second-order valence-corrected chi connectivity index (χ2v) is 10.5. The van der Waals surface area contributed by atoms with E-state index in [-0.39, 0.29) is 18.0 Å². The molecule has 0 fully saturated rings. The van der Waals surface area contributed by atoms with E-state index in [1.807, 2.05) is 6.92 Å². The number of carbonyl (C=O) groups excluding carboxylic acids is 1. The van der Waals surface area contributed by atoms with E-state index in [1.54, 1.807) is 54.6 Å².